The summed E-state index contributed by atoms with van der Waals surface area (Å²) in [5.41, 5.74) is 0.152. The van der Waals surface area contributed by atoms with Gasteiger partial charge in [-0.2, -0.15) is 0 Å². The summed E-state index contributed by atoms with van der Waals surface area (Å²) in [6, 6.07) is 18.0. The first-order valence-electron chi connectivity index (χ1n) is 8.22. The van der Waals surface area contributed by atoms with Gasteiger partial charge in [-0.1, -0.05) is 60.7 Å². The van der Waals surface area contributed by atoms with Gasteiger partial charge in [-0.3, -0.25) is 9.59 Å². The maximum atomic E-state index is 12.6. The van der Waals surface area contributed by atoms with Crippen LogP contribution in [0.1, 0.15) is 31.1 Å². The second-order valence-corrected chi connectivity index (χ2v) is 5.97. The molecule has 5 nitrogen and oxygen atoms in total. The first kappa shape index (κ1) is 18.7. The number of amides is 1. The predicted octanol–water partition coefficient (Wildman–Crippen LogP) is 2.92. The SMILES string of the molecule is CCOC(C(=O)NCC(C)(C(=O)O)c1ccccc1)c1ccccc1. The molecule has 0 aromatic heterocycles. The van der Waals surface area contributed by atoms with Crippen LogP contribution >= 0.6 is 0 Å². The van der Waals surface area contributed by atoms with Crippen molar-refractivity contribution in [3.05, 3.63) is 71.8 Å². The van der Waals surface area contributed by atoms with Gasteiger partial charge in [-0.15, -0.1) is 0 Å². The lowest BCUT2D eigenvalue weighted by molar-refractivity contribution is -0.143. The Bertz CT molecular complexity index is 702. The Kier molecular flexibility index (Phi) is 6.31. The third kappa shape index (κ3) is 4.45. The standard InChI is InChI=1S/C20H23NO4/c1-3-25-17(15-10-6-4-7-11-15)18(22)21-14-20(2,19(23)24)16-12-8-5-9-13-16/h4-13,17H,3,14H2,1-2H3,(H,21,22)(H,23,24). The third-order valence-electron chi connectivity index (χ3n) is 4.17. The summed E-state index contributed by atoms with van der Waals surface area (Å²) >= 11 is 0. The van der Waals surface area contributed by atoms with Crippen LogP contribution in [-0.2, 0) is 19.7 Å². The number of rotatable bonds is 8. The monoisotopic (exact) mass is 341 g/mol. The van der Waals surface area contributed by atoms with Crippen LogP contribution < -0.4 is 5.32 Å². The Labute approximate surface area is 147 Å². The fourth-order valence-electron chi connectivity index (χ4n) is 2.58. The van der Waals surface area contributed by atoms with Crippen LogP contribution in [0.3, 0.4) is 0 Å². The first-order valence-corrected chi connectivity index (χ1v) is 8.22. The average molecular weight is 341 g/mol. The summed E-state index contributed by atoms with van der Waals surface area (Å²) in [7, 11) is 0. The zero-order valence-corrected chi connectivity index (χ0v) is 14.4. The van der Waals surface area contributed by atoms with Crippen molar-refractivity contribution in [1.29, 1.82) is 0 Å². The van der Waals surface area contributed by atoms with Crippen LogP contribution in [0.2, 0.25) is 0 Å². The normalized spacial score (nSPS) is 14.3. The van der Waals surface area contributed by atoms with E-state index in [1.54, 1.807) is 31.2 Å². The highest BCUT2D eigenvalue weighted by atomic mass is 16.5. The topological polar surface area (TPSA) is 75.6 Å². The van der Waals surface area contributed by atoms with Crippen molar-refractivity contribution in [1.82, 2.24) is 5.32 Å². The Morgan fingerprint density at radius 2 is 1.64 bits per heavy atom. The van der Waals surface area contributed by atoms with E-state index in [1.165, 1.54) is 0 Å². The van der Waals surface area contributed by atoms with Crippen LogP contribution in [0, 0.1) is 0 Å². The minimum Gasteiger partial charge on any atom is -0.481 e. The lowest BCUT2D eigenvalue weighted by Gasteiger charge is -2.27. The van der Waals surface area contributed by atoms with Crippen LogP contribution in [0.15, 0.2) is 60.7 Å². The lowest BCUT2D eigenvalue weighted by Crippen LogP contribution is -2.45. The van der Waals surface area contributed by atoms with E-state index in [4.69, 9.17) is 4.74 Å². The average Bonchev–Trinajstić information content (AvgIpc) is 2.65. The number of aliphatic carboxylic acids is 1. The van der Waals surface area contributed by atoms with Crippen molar-refractivity contribution >= 4 is 11.9 Å². The molecule has 25 heavy (non-hydrogen) atoms. The summed E-state index contributed by atoms with van der Waals surface area (Å²) in [6.07, 6.45) is -0.764. The van der Waals surface area contributed by atoms with Gasteiger partial charge in [0.05, 0.1) is 0 Å². The highest BCUT2D eigenvalue weighted by Crippen LogP contribution is 2.24. The summed E-state index contributed by atoms with van der Waals surface area (Å²) in [4.78, 5) is 24.4. The van der Waals surface area contributed by atoms with Gasteiger partial charge in [-0.05, 0) is 25.0 Å². The second kappa shape index (κ2) is 8.44. The van der Waals surface area contributed by atoms with E-state index < -0.39 is 17.5 Å². The summed E-state index contributed by atoms with van der Waals surface area (Å²) in [5.74, 6) is -1.34. The minimum absolute atomic E-state index is 0.0262. The van der Waals surface area contributed by atoms with Crippen molar-refractivity contribution in [3.63, 3.8) is 0 Å². The number of nitrogens with one attached hydrogen (secondary N) is 1. The van der Waals surface area contributed by atoms with Gasteiger partial charge in [0.2, 0.25) is 0 Å². The van der Waals surface area contributed by atoms with Gasteiger partial charge >= 0.3 is 5.97 Å². The number of carboxylic acids is 1. The van der Waals surface area contributed by atoms with Crippen molar-refractivity contribution < 1.29 is 19.4 Å². The maximum absolute atomic E-state index is 12.6. The summed E-state index contributed by atoms with van der Waals surface area (Å²) in [6.45, 7) is 3.77. The molecule has 0 saturated carbocycles. The second-order valence-electron chi connectivity index (χ2n) is 5.97. The van der Waals surface area contributed by atoms with E-state index in [0.717, 1.165) is 5.56 Å². The number of carbonyl (C=O) groups excluding carboxylic acids is 1. The number of benzene rings is 2. The Morgan fingerprint density at radius 1 is 1.08 bits per heavy atom. The van der Waals surface area contributed by atoms with Gasteiger partial charge in [-0.25, -0.2) is 0 Å². The van der Waals surface area contributed by atoms with Gasteiger partial charge < -0.3 is 15.2 Å². The number of hydrogen-bond acceptors (Lipinski definition) is 3. The lowest BCUT2D eigenvalue weighted by atomic mass is 9.82. The molecule has 0 radical (unpaired) electrons. The molecular weight excluding hydrogens is 318 g/mol. The number of carbonyl (C=O) groups is 2. The quantitative estimate of drug-likeness (QED) is 0.774. The van der Waals surface area contributed by atoms with E-state index in [2.05, 4.69) is 5.32 Å². The maximum Gasteiger partial charge on any atom is 0.315 e. The van der Waals surface area contributed by atoms with Crippen molar-refractivity contribution in [3.8, 4) is 0 Å². The number of carboxylic acid groups (broad SMARTS) is 1. The van der Waals surface area contributed by atoms with E-state index in [0.29, 0.717) is 12.2 Å². The molecule has 2 N–H and O–H groups in total. The molecule has 0 saturated heterocycles. The first-order chi connectivity index (χ1) is 12.0. The Morgan fingerprint density at radius 3 is 2.16 bits per heavy atom. The largest absolute Gasteiger partial charge is 0.481 e. The predicted molar refractivity (Wildman–Crippen MR) is 95.2 cm³/mol. The van der Waals surface area contributed by atoms with E-state index in [9.17, 15) is 14.7 Å². The van der Waals surface area contributed by atoms with Crippen molar-refractivity contribution in [2.75, 3.05) is 13.2 Å². The molecule has 0 aliphatic rings. The van der Waals surface area contributed by atoms with Crippen LogP contribution in [0.5, 0.6) is 0 Å². The minimum atomic E-state index is -1.22. The molecule has 0 spiro atoms. The molecule has 0 aliphatic carbocycles. The molecule has 2 rings (SSSR count). The number of hydrogen-bond donors (Lipinski definition) is 2. The van der Waals surface area contributed by atoms with Crippen LogP contribution in [0.4, 0.5) is 0 Å². The highest BCUT2D eigenvalue weighted by molar-refractivity contribution is 5.85. The third-order valence-corrected chi connectivity index (χ3v) is 4.17. The Hall–Kier alpha value is -2.66. The zero-order valence-electron chi connectivity index (χ0n) is 14.4. The van der Waals surface area contributed by atoms with Crippen LogP contribution in [-0.4, -0.2) is 30.1 Å². The molecular formula is C20H23NO4. The molecule has 0 bridgehead atoms. The van der Waals surface area contributed by atoms with Crippen molar-refractivity contribution in [2.24, 2.45) is 0 Å². The van der Waals surface area contributed by atoms with Crippen LogP contribution in [0.25, 0.3) is 0 Å². The molecule has 0 aliphatic heterocycles. The molecule has 2 aromatic carbocycles. The van der Waals surface area contributed by atoms with E-state index >= 15 is 0 Å². The van der Waals surface area contributed by atoms with Gasteiger partial charge in [0.1, 0.15) is 5.41 Å². The fraction of sp³-hybridized carbons (Fsp3) is 0.300. The molecule has 1 amide bonds. The zero-order chi connectivity index (χ0) is 18.3. The number of ether oxygens (including phenoxy) is 1. The van der Waals surface area contributed by atoms with Gasteiger partial charge in [0.25, 0.3) is 5.91 Å². The molecule has 2 atom stereocenters. The molecule has 0 fully saturated rings. The highest BCUT2D eigenvalue weighted by Gasteiger charge is 2.36. The van der Waals surface area contributed by atoms with Gasteiger partial charge in [0, 0.05) is 13.2 Å². The molecule has 132 valence electrons. The van der Waals surface area contributed by atoms with E-state index in [1.807, 2.05) is 43.3 Å². The Balaban J connectivity index is 2.16. The summed E-state index contributed by atoms with van der Waals surface area (Å²) < 4.78 is 5.56. The molecule has 2 aromatic rings. The van der Waals surface area contributed by atoms with Gasteiger partial charge in [0.15, 0.2) is 6.10 Å². The van der Waals surface area contributed by atoms with Crippen molar-refractivity contribution in [2.45, 2.75) is 25.4 Å². The smallest absolute Gasteiger partial charge is 0.315 e. The summed E-state index contributed by atoms with van der Waals surface area (Å²) in [5, 5.41) is 12.4. The van der Waals surface area contributed by atoms with E-state index in [-0.39, 0.29) is 12.5 Å². The molecule has 5 heteroatoms. The fourth-order valence-corrected chi connectivity index (χ4v) is 2.58. The molecule has 2 unspecified atom stereocenters. The molecule has 0 heterocycles.